The Balaban J connectivity index is 1.56. The maximum absolute atomic E-state index is 13.5. The van der Waals surface area contributed by atoms with E-state index >= 15 is 0 Å². The number of thioether (sulfide) groups is 1. The molecule has 0 spiro atoms. The number of amides is 2. The molecule has 6 nitrogen and oxygen atoms in total. The second-order valence-electron chi connectivity index (χ2n) is 5.39. The molecule has 0 aromatic heterocycles. The molecule has 2 aromatic carbocycles. The Hall–Kier alpha value is -3.00. The molecule has 2 N–H and O–H groups in total. The first-order valence-electron chi connectivity index (χ1n) is 7.80. The first-order chi connectivity index (χ1) is 12.6. The lowest BCUT2D eigenvalue weighted by molar-refractivity contribution is -0.122. The highest BCUT2D eigenvalue weighted by Gasteiger charge is 2.32. The molecule has 1 heterocycles. The van der Waals surface area contributed by atoms with Crippen LogP contribution in [0.1, 0.15) is 12.0 Å². The van der Waals surface area contributed by atoms with E-state index in [2.05, 4.69) is 20.8 Å². The molecule has 2 aromatic rings. The molecule has 1 fully saturated rings. The molecule has 26 heavy (non-hydrogen) atoms. The number of halogens is 1. The molecular weight excluding hydrogens is 355 g/mol. The van der Waals surface area contributed by atoms with Gasteiger partial charge in [0.05, 0.1) is 11.9 Å². The molecule has 0 aliphatic carbocycles. The zero-order valence-corrected chi connectivity index (χ0v) is 14.4. The summed E-state index contributed by atoms with van der Waals surface area (Å²) in [7, 11) is 0. The number of nitrogens with one attached hydrogen (secondary N) is 2. The molecule has 1 saturated heterocycles. The highest BCUT2D eigenvalue weighted by Crippen LogP contribution is 2.23. The number of para-hydroxylation sites is 1. The van der Waals surface area contributed by atoms with Crippen LogP contribution in [0.15, 0.2) is 64.8 Å². The van der Waals surface area contributed by atoms with Gasteiger partial charge in [-0.15, -0.1) is 5.10 Å². The van der Waals surface area contributed by atoms with Crippen molar-refractivity contribution in [1.29, 1.82) is 0 Å². The van der Waals surface area contributed by atoms with E-state index in [9.17, 15) is 14.0 Å². The Morgan fingerprint density at radius 2 is 1.92 bits per heavy atom. The number of carbonyl (C=O) groups is 2. The Morgan fingerprint density at radius 3 is 2.69 bits per heavy atom. The van der Waals surface area contributed by atoms with Crippen LogP contribution < -0.4 is 10.6 Å². The van der Waals surface area contributed by atoms with Crippen molar-refractivity contribution >= 4 is 40.6 Å². The largest absolute Gasteiger partial charge is 0.324 e. The van der Waals surface area contributed by atoms with Gasteiger partial charge in [-0.2, -0.15) is 5.10 Å². The lowest BCUT2D eigenvalue weighted by Crippen LogP contribution is -2.28. The molecule has 8 heteroatoms. The highest BCUT2D eigenvalue weighted by molar-refractivity contribution is 8.15. The van der Waals surface area contributed by atoms with Gasteiger partial charge in [0, 0.05) is 6.42 Å². The maximum Gasteiger partial charge on any atom is 0.240 e. The molecule has 1 aliphatic heterocycles. The lowest BCUT2D eigenvalue weighted by Gasteiger charge is -2.07. The summed E-state index contributed by atoms with van der Waals surface area (Å²) in [6.45, 7) is 0. The average Bonchev–Trinajstić information content (AvgIpc) is 2.97. The number of anilines is 1. The molecule has 0 radical (unpaired) electrons. The molecule has 132 valence electrons. The van der Waals surface area contributed by atoms with Crippen molar-refractivity contribution < 1.29 is 14.0 Å². The number of amidine groups is 1. The summed E-state index contributed by atoms with van der Waals surface area (Å²) in [6.07, 6.45) is 1.48. The van der Waals surface area contributed by atoms with E-state index in [1.165, 1.54) is 18.2 Å². The summed E-state index contributed by atoms with van der Waals surface area (Å²) in [6, 6.07) is 15.3. The van der Waals surface area contributed by atoms with Gasteiger partial charge in [-0.05, 0) is 17.7 Å². The average molecular weight is 370 g/mol. The van der Waals surface area contributed by atoms with Crippen LogP contribution >= 0.6 is 11.8 Å². The van der Waals surface area contributed by atoms with Gasteiger partial charge in [-0.25, -0.2) is 4.39 Å². The fourth-order valence-electron chi connectivity index (χ4n) is 2.21. The van der Waals surface area contributed by atoms with E-state index in [1.807, 2.05) is 30.3 Å². The van der Waals surface area contributed by atoms with Gasteiger partial charge < -0.3 is 10.6 Å². The molecule has 3 rings (SSSR count). The summed E-state index contributed by atoms with van der Waals surface area (Å²) < 4.78 is 13.5. The van der Waals surface area contributed by atoms with Crippen LogP contribution in [0, 0.1) is 5.82 Å². The number of rotatable bonds is 5. The number of benzene rings is 2. The molecule has 1 aliphatic rings. The zero-order chi connectivity index (χ0) is 18.4. The first-order valence-corrected chi connectivity index (χ1v) is 8.68. The maximum atomic E-state index is 13.5. The van der Waals surface area contributed by atoms with Crippen molar-refractivity contribution in [3.05, 3.63) is 66.0 Å². The van der Waals surface area contributed by atoms with E-state index in [4.69, 9.17) is 0 Å². The van der Waals surface area contributed by atoms with E-state index in [1.54, 1.807) is 12.3 Å². The van der Waals surface area contributed by atoms with Crippen molar-refractivity contribution in [3.63, 3.8) is 0 Å². The highest BCUT2D eigenvalue weighted by atomic mass is 32.2. The number of carbonyl (C=O) groups excluding carboxylic acids is 2. The van der Waals surface area contributed by atoms with E-state index in [0.29, 0.717) is 5.17 Å². The normalized spacial score (nSPS) is 18.3. The summed E-state index contributed by atoms with van der Waals surface area (Å²) in [4.78, 5) is 24.0. The third-order valence-electron chi connectivity index (χ3n) is 3.45. The Bertz CT molecular complexity index is 871. The van der Waals surface area contributed by atoms with Crippen LogP contribution in [0.4, 0.5) is 10.1 Å². The third kappa shape index (κ3) is 4.76. The second-order valence-corrected chi connectivity index (χ2v) is 6.58. The monoisotopic (exact) mass is 370 g/mol. The summed E-state index contributed by atoms with van der Waals surface area (Å²) in [5, 5.41) is 12.6. The molecule has 1 unspecified atom stereocenters. The summed E-state index contributed by atoms with van der Waals surface area (Å²) in [5.74, 6) is -1.30. The van der Waals surface area contributed by atoms with Crippen LogP contribution in [-0.2, 0) is 9.59 Å². The van der Waals surface area contributed by atoms with Gasteiger partial charge in [0.1, 0.15) is 11.1 Å². The predicted molar refractivity (Wildman–Crippen MR) is 101 cm³/mol. The van der Waals surface area contributed by atoms with E-state index in [0.717, 1.165) is 17.3 Å². The fraction of sp³-hybridized carbons (Fsp3) is 0.111. The quantitative estimate of drug-likeness (QED) is 0.627. The van der Waals surface area contributed by atoms with Crippen molar-refractivity contribution in [2.75, 3.05) is 5.32 Å². The van der Waals surface area contributed by atoms with Crippen LogP contribution in [0.25, 0.3) is 0 Å². The number of hydrogen-bond donors (Lipinski definition) is 2. The Kier molecular flexibility index (Phi) is 5.75. The van der Waals surface area contributed by atoms with Gasteiger partial charge >= 0.3 is 0 Å². The van der Waals surface area contributed by atoms with E-state index in [-0.39, 0.29) is 18.0 Å². The lowest BCUT2D eigenvalue weighted by atomic mass is 10.2. The van der Waals surface area contributed by atoms with Gasteiger partial charge in [-0.3, -0.25) is 9.59 Å². The number of nitrogens with zero attached hydrogens (tertiary/aromatic N) is 2. The van der Waals surface area contributed by atoms with Crippen LogP contribution in [0.2, 0.25) is 0 Å². The molecule has 0 bridgehead atoms. The van der Waals surface area contributed by atoms with Gasteiger partial charge in [-0.1, -0.05) is 54.2 Å². The Labute approximate surface area is 153 Å². The van der Waals surface area contributed by atoms with Crippen LogP contribution in [-0.4, -0.2) is 28.4 Å². The van der Waals surface area contributed by atoms with Gasteiger partial charge in [0.25, 0.3) is 0 Å². The minimum atomic E-state index is -0.632. The summed E-state index contributed by atoms with van der Waals surface area (Å²) >= 11 is 1.12. The molecule has 0 saturated carbocycles. The SMILES string of the molecule is O=C(CC1S/C(=N/N=Cc2ccccc2)NC1=O)Nc1ccccc1F. The fourth-order valence-corrected chi connectivity index (χ4v) is 3.13. The van der Waals surface area contributed by atoms with Crippen molar-refractivity contribution in [3.8, 4) is 0 Å². The molecule has 2 amide bonds. The topological polar surface area (TPSA) is 82.9 Å². The first kappa shape index (κ1) is 17.8. The summed E-state index contributed by atoms with van der Waals surface area (Å²) in [5.41, 5.74) is 0.967. The van der Waals surface area contributed by atoms with Crippen LogP contribution in [0.3, 0.4) is 0 Å². The molecular formula is C18H15FN4O2S. The van der Waals surface area contributed by atoms with Gasteiger partial charge in [0.2, 0.25) is 11.8 Å². The Morgan fingerprint density at radius 1 is 1.19 bits per heavy atom. The van der Waals surface area contributed by atoms with Crippen LogP contribution in [0.5, 0.6) is 0 Å². The predicted octanol–water partition coefficient (Wildman–Crippen LogP) is 2.78. The second kappa shape index (κ2) is 8.39. The van der Waals surface area contributed by atoms with Crippen molar-refractivity contribution in [1.82, 2.24) is 5.32 Å². The molecule has 1 atom stereocenters. The van der Waals surface area contributed by atoms with Crippen molar-refractivity contribution in [2.24, 2.45) is 10.2 Å². The minimum Gasteiger partial charge on any atom is -0.324 e. The smallest absolute Gasteiger partial charge is 0.240 e. The standard InChI is InChI=1S/C18H15FN4O2S/c19-13-8-4-5-9-14(13)21-16(24)10-15-17(25)22-18(26-15)23-20-11-12-6-2-1-3-7-12/h1-9,11,15H,10H2,(H,21,24)(H,22,23,25). The van der Waals surface area contributed by atoms with E-state index < -0.39 is 17.0 Å². The number of hydrogen-bond acceptors (Lipinski definition) is 5. The van der Waals surface area contributed by atoms with Gasteiger partial charge in [0.15, 0.2) is 5.17 Å². The minimum absolute atomic E-state index is 0.0854. The third-order valence-corrected chi connectivity index (χ3v) is 4.52. The zero-order valence-electron chi connectivity index (χ0n) is 13.6. The van der Waals surface area contributed by atoms with Crippen molar-refractivity contribution in [2.45, 2.75) is 11.7 Å².